The molecule has 16 aromatic carbocycles. The molecule has 0 N–H and O–H groups in total. The second kappa shape index (κ2) is 24.9. The van der Waals surface area contributed by atoms with Crippen LogP contribution in [0, 0.1) is 11.3 Å². The summed E-state index contributed by atoms with van der Waals surface area (Å²) in [4.78, 5) is 0. The molecular formula is C97H63N5. The molecule has 0 unspecified atom stereocenters. The number of aromatic nitrogens is 4. The van der Waals surface area contributed by atoms with Gasteiger partial charge in [-0.15, -0.1) is 0 Å². The number of fused-ring (bicyclic) bond motifs is 12. The highest BCUT2D eigenvalue weighted by Gasteiger charge is 2.20. The number of hydrogen-bond acceptors (Lipinski definition) is 1. The minimum absolute atomic E-state index is 0.665. The number of nitriles is 1. The van der Waals surface area contributed by atoms with Crippen LogP contribution in [0.25, 0.3) is 177 Å². The first-order valence-electron chi connectivity index (χ1n) is 34.8. The fourth-order valence-electron chi connectivity index (χ4n) is 15.6. The first-order valence-corrected chi connectivity index (χ1v) is 34.8. The Morgan fingerprint density at radius 1 is 0.157 bits per heavy atom. The maximum Gasteiger partial charge on any atom is 0.0991 e. The zero-order valence-corrected chi connectivity index (χ0v) is 55.6. The molecule has 0 saturated heterocycles. The lowest BCUT2D eigenvalue weighted by Crippen LogP contribution is -1.93. The van der Waals surface area contributed by atoms with Gasteiger partial charge < -0.3 is 18.3 Å². The molecule has 0 spiro atoms. The largest absolute Gasteiger partial charge is 0.309 e. The second-order valence-electron chi connectivity index (χ2n) is 26.3. The van der Waals surface area contributed by atoms with Crippen molar-refractivity contribution in [2.75, 3.05) is 0 Å². The standard InChI is InChI=1S/C54H36N2.C43H27N3/c1-5-13-37(14-6-1)41-25-29-51-47(33-41)49-35-43(27-31-53(49)55(51)45-17-9-3-10-18-45)39-21-23-40(24-22-39)44-28-32-54-50(36-44)48-34-42(38-15-7-2-8-16-38)26-30-52(48)56(54)46-19-11-4-12-20-46;44-28-29-15-22-41-37(25-29)39-27-33(21-24-43(39)46(41)35-11-5-2-6-12-35)31-18-16-30(17-19-31)32-20-23-42-38(26-32)36-13-7-8-14-40(36)45(42)34-9-3-1-4-10-34/h1-36H;1-27H. The molecule has 0 amide bonds. The Morgan fingerprint density at radius 2 is 0.353 bits per heavy atom. The Bertz CT molecular complexity index is 6400. The first kappa shape index (κ1) is 59.5. The van der Waals surface area contributed by atoms with Crippen molar-refractivity contribution in [2.24, 2.45) is 0 Å². The van der Waals surface area contributed by atoms with E-state index in [0.717, 1.165) is 50.0 Å². The van der Waals surface area contributed by atoms with Gasteiger partial charge >= 0.3 is 0 Å². The highest BCUT2D eigenvalue weighted by Crippen LogP contribution is 2.43. The van der Waals surface area contributed by atoms with Gasteiger partial charge in [-0.05, 0) is 212 Å². The summed E-state index contributed by atoms with van der Waals surface area (Å²) in [6, 6.07) is 140. The fraction of sp³-hybridized carbons (Fsp3) is 0. The van der Waals surface area contributed by atoms with Crippen LogP contribution >= 0.6 is 0 Å². The summed E-state index contributed by atoms with van der Waals surface area (Å²) in [6.45, 7) is 0. The predicted octanol–water partition coefficient (Wildman–Crippen LogP) is 25.6. The van der Waals surface area contributed by atoms with Crippen molar-refractivity contribution >= 4 is 87.2 Å². The van der Waals surface area contributed by atoms with Gasteiger partial charge in [-0.2, -0.15) is 5.26 Å². The summed E-state index contributed by atoms with van der Waals surface area (Å²) >= 11 is 0. The molecule has 4 aromatic heterocycles. The molecule has 20 rings (SSSR count). The second-order valence-corrected chi connectivity index (χ2v) is 26.3. The van der Waals surface area contributed by atoms with Gasteiger partial charge in [0.25, 0.3) is 0 Å². The van der Waals surface area contributed by atoms with E-state index in [-0.39, 0.29) is 0 Å². The normalized spacial score (nSPS) is 11.5. The molecular weight excluding hydrogens is 1240 g/mol. The molecule has 0 atom stereocenters. The van der Waals surface area contributed by atoms with Gasteiger partial charge in [0.15, 0.2) is 0 Å². The zero-order chi connectivity index (χ0) is 67.6. The molecule has 102 heavy (non-hydrogen) atoms. The maximum absolute atomic E-state index is 9.65. The molecule has 5 heteroatoms. The third-order valence-electron chi connectivity index (χ3n) is 20.5. The number of rotatable bonds is 10. The molecule has 0 aliphatic carbocycles. The Morgan fingerprint density at radius 3 is 0.627 bits per heavy atom. The number of hydrogen-bond donors (Lipinski definition) is 0. The Balaban J connectivity index is 0.000000144. The summed E-state index contributed by atoms with van der Waals surface area (Å²) in [5.41, 5.74) is 29.1. The van der Waals surface area contributed by atoms with Crippen LogP contribution in [0.2, 0.25) is 0 Å². The van der Waals surface area contributed by atoms with Gasteiger partial charge in [-0.25, -0.2) is 0 Å². The van der Waals surface area contributed by atoms with Gasteiger partial charge in [0.1, 0.15) is 0 Å². The van der Waals surface area contributed by atoms with Crippen LogP contribution < -0.4 is 0 Å². The van der Waals surface area contributed by atoms with E-state index in [1.807, 2.05) is 18.2 Å². The predicted molar refractivity (Wildman–Crippen MR) is 428 cm³/mol. The van der Waals surface area contributed by atoms with Crippen LogP contribution in [0.1, 0.15) is 5.56 Å². The van der Waals surface area contributed by atoms with Crippen molar-refractivity contribution in [2.45, 2.75) is 0 Å². The third kappa shape index (κ3) is 10.3. The number of para-hydroxylation sites is 5. The van der Waals surface area contributed by atoms with Gasteiger partial charge in [0.2, 0.25) is 0 Å². The van der Waals surface area contributed by atoms with E-state index in [0.29, 0.717) is 5.56 Å². The monoisotopic (exact) mass is 1300 g/mol. The molecule has 0 bridgehead atoms. The molecule has 0 aliphatic rings. The van der Waals surface area contributed by atoms with Crippen LogP contribution in [0.15, 0.2) is 382 Å². The van der Waals surface area contributed by atoms with E-state index in [4.69, 9.17) is 0 Å². The van der Waals surface area contributed by atoms with E-state index in [2.05, 4.69) is 388 Å². The molecule has 0 saturated carbocycles. The quantitative estimate of drug-likeness (QED) is 0.135. The van der Waals surface area contributed by atoms with Crippen molar-refractivity contribution in [3.63, 3.8) is 0 Å². The van der Waals surface area contributed by atoms with Crippen LogP contribution in [-0.2, 0) is 0 Å². The van der Waals surface area contributed by atoms with E-state index in [1.54, 1.807) is 0 Å². The van der Waals surface area contributed by atoms with E-state index < -0.39 is 0 Å². The lowest BCUT2D eigenvalue weighted by atomic mass is 9.97. The summed E-state index contributed by atoms with van der Waals surface area (Å²) in [5, 5.41) is 19.4. The van der Waals surface area contributed by atoms with Crippen molar-refractivity contribution in [3.05, 3.63) is 388 Å². The molecule has 0 aliphatic heterocycles. The summed E-state index contributed by atoms with van der Waals surface area (Å²) in [7, 11) is 0. The lowest BCUT2D eigenvalue weighted by molar-refractivity contribution is 1.18. The highest BCUT2D eigenvalue weighted by molar-refractivity contribution is 6.15. The van der Waals surface area contributed by atoms with Crippen molar-refractivity contribution in [3.8, 4) is 95.6 Å². The summed E-state index contributed by atoms with van der Waals surface area (Å²) in [5.74, 6) is 0. The van der Waals surface area contributed by atoms with Crippen LogP contribution in [0.3, 0.4) is 0 Å². The molecule has 4 heterocycles. The molecule has 0 fully saturated rings. The smallest absolute Gasteiger partial charge is 0.0991 e. The third-order valence-corrected chi connectivity index (χ3v) is 20.5. The Hall–Kier alpha value is -13.8. The first-order chi connectivity index (χ1) is 50.5. The van der Waals surface area contributed by atoms with Crippen LogP contribution in [0.5, 0.6) is 0 Å². The van der Waals surface area contributed by atoms with Crippen LogP contribution in [0.4, 0.5) is 0 Å². The van der Waals surface area contributed by atoms with E-state index in [9.17, 15) is 5.26 Å². The van der Waals surface area contributed by atoms with Crippen LogP contribution in [-0.4, -0.2) is 18.3 Å². The van der Waals surface area contributed by atoms with Gasteiger partial charge in [0.05, 0.1) is 55.8 Å². The molecule has 0 radical (unpaired) electrons. The molecule has 476 valence electrons. The van der Waals surface area contributed by atoms with Gasteiger partial charge in [-0.1, -0.05) is 237 Å². The minimum atomic E-state index is 0.665. The highest BCUT2D eigenvalue weighted by atomic mass is 15.0. The topological polar surface area (TPSA) is 43.5 Å². The fourth-order valence-corrected chi connectivity index (χ4v) is 15.6. The van der Waals surface area contributed by atoms with Crippen molar-refractivity contribution < 1.29 is 0 Å². The number of nitrogens with zero attached hydrogens (tertiary/aromatic N) is 5. The van der Waals surface area contributed by atoms with Crippen molar-refractivity contribution in [1.82, 2.24) is 18.3 Å². The Labute approximate surface area is 590 Å². The van der Waals surface area contributed by atoms with Gasteiger partial charge in [0, 0.05) is 65.8 Å². The van der Waals surface area contributed by atoms with E-state index in [1.165, 1.54) is 127 Å². The molecule has 20 aromatic rings. The lowest BCUT2D eigenvalue weighted by Gasteiger charge is -2.09. The van der Waals surface area contributed by atoms with Crippen molar-refractivity contribution in [1.29, 1.82) is 5.26 Å². The SMILES string of the molecule is N#Cc1ccc2c(c1)c1cc(-c3ccc(-c4ccc5c(c4)c4ccccc4n5-c4ccccc4)cc3)ccc1n2-c1ccccc1.c1ccc(-c2ccc3c(c2)c2cc(-c4ccc(-c5ccc6c(c5)c5cc(-c7ccccc7)ccc5n6-c5ccccc5)cc4)ccc2n3-c2ccccc2)cc1. The molecule has 5 nitrogen and oxygen atoms in total. The minimum Gasteiger partial charge on any atom is -0.309 e. The average molecular weight is 1300 g/mol. The maximum atomic E-state index is 9.65. The summed E-state index contributed by atoms with van der Waals surface area (Å²) in [6.07, 6.45) is 0. The number of benzene rings is 16. The van der Waals surface area contributed by atoms with E-state index >= 15 is 0 Å². The zero-order valence-electron chi connectivity index (χ0n) is 55.6. The van der Waals surface area contributed by atoms with Gasteiger partial charge in [-0.3, -0.25) is 0 Å². The average Bonchev–Trinajstić information content (AvgIpc) is 1.61. The Kier molecular flexibility index (Phi) is 14.5. The summed E-state index contributed by atoms with van der Waals surface area (Å²) < 4.78 is 9.41.